The molecule has 1 aliphatic carbocycles. The van der Waals surface area contributed by atoms with E-state index < -0.39 is 0 Å². The summed E-state index contributed by atoms with van der Waals surface area (Å²) in [4.78, 5) is 4.32. The van der Waals surface area contributed by atoms with Crippen LogP contribution in [0.2, 0.25) is 0 Å². The molecule has 0 bridgehead atoms. The number of nitrogens with one attached hydrogen (secondary N) is 1. The van der Waals surface area contributed by atoms with Crippen molar-refractivity contribution in [3.8, 4) is 0 Å². The molecule has 11 heavy (non-hydrogen) atoms. The van der Waals surface area contributed by atoms with Gasteiger partial charge in [0.15, 0.2) is 0 Å². The van der Waals surface area contributed by atoms with Gasteiger partial charge >= 0.3 is 0 Å². The summed E-state index contributed by atoms with van der Waals surface area (Å²) in [6.45, 7) is 0. The molecule has 0 radical (unpaired) electrons. The summed E-state index contributed by atoms with van der Waals surface area (Å²) in [5.41, 5.74) is 2.64. The Morgan fingerprint density at radius 1 is 1.73 bits per heavy atom. The molecule has 1 N–H and O–H groups in total. The molecule has 3 nitrogen and oxygen atoms in total. The number of rotatable bonds is 1. The lowest BCUT2D eigenvalue weighted by Gasteiger charge is -2.09. The first kappa shape index (κ1) is 6.85. The molecule has 1 heterocycles. The van der Waals surface area contributed by atoms with Crippen LogP contribution in [0.25, 0.3) is 0 Å². The number of aromatic nitrogens is 2. The van der Waals surface area contributed by atoms with Crippen LogP contribution in [-0.2, 0) is 13.5 Å². The minimum atomic E-state index is 0.525. The van der Waals surface area contributed by atoms with E-state index in [4.69, 9.17) is 0 Å². The van der Waals surface area contributed by atoms with E-state index in [0.717, 1.165) is 6.42 Å². The van der Waals surface area contributed by atoms with Gasteiger partial charge in [0.1, 0.15) is 0 Å². The van der Waals surface area contributed by atoms with Gasteiger partial charge in [0.05, 0.1) is 17.7 Å². The van der Waals surface area contributed by atoms with Gasteiger partial charge < -0.3 is 9.88 Å². The largest absolute Gasteiger partial charge is 0.336 e. The summed E-state index contributed by atoms with van der Waals surface area (Å²) in [6, 6.07) is 0.525. The molecule has 60 valence electrons. The Morgan fingerprint density at radius 2 is 2.55 bits per heavy atom. The normalized spacial score (nSPS) is 22.2. The maximum atomic E-state index is 4.32. The molecule has 0 fully saturated rings. The molecule has 0 spiro atoms. The van der Waals surface area contributed by atoms with Crippen molar-refractivity contribution in [1.29, 1.82) is 0 Å². The van der Waals surface area contributed by atoms with Crippen LogP contribution < -0.4 is 5.32 Å². The van der Waals surface area contributed by atoms with Gasteiger partial charge in [-0.15, -0.1) is 0 Å². The van der Waals surface area contributed by atoms with Crippen molar-refractivity contribution in [2.45, 2.75) is 18.9 Å². The number of hydrogen-bond donors (Lipinski definition) is 1. The van der Waals surface area contributed by atoms with Crippen LogP contribution in [0.3, 0.4) is 0 Å². The highest BCUT2D eigenvalue weighted by Crippen LogP contribution is 2.28. The van der Waals surface area contributed by atoms with E-state index in [1.54, 1.807) is 0 Å². The number of nitrogens with zero attached hydrogens (tertiary/aromatic N) is 2. The van der Waals surface area contributed by atoms with Crippen molar-refractivity contribution in [3.63, 3.8) is 0 Å². The Labute approximate surface area is 66.4 Å². The molecule has 0 saturated heterocycles. The molecular weight excluding hydrogens is 138 g/mol. The summed E-state index contributed by atoms with van der Waals surface area (Å²) >= 11 is 0. The zero-order chi connectivity index (χ0) is 7.84. The van der Waals surface area contributed by atoms with E-state index in [9.17, 15) is 0 Å². The first-order chi connectivity index (χ1) is 5.33. The second-order valence-electron chi connectivity index (χ2n) is 3.07. The van der Waals surface area contributed by atoms with Crippen molar-refractivity contribution < 1.29 is 0 Å². The minimum Gasteiger partial charge on any atom is -0.336 e. The summed E-state index contributed by atoms with van der Waals surface area (Å²) in [6.07, 6.45) is 4.22. The summed E-state index contributed by atoms with van der Waals surface area (Å²) in [7, 11) is 4.06. The van der Waals surface area contributed by atoms with Gasteiger partial charge in [0, 0.05) is 13.1 Å². The predicted molar refractivity (Wildman–Crippen MR) is 43.3 cm³/mol. The third-order valence-corrected chi connectivity index (χ3v) is 2.41. The molecule has 2 rings (SSSR count). The maximum Gasteiger partial charge on any atom is 0.0949 e. The lowest BCUT2D eigenvalue weighted by atomic mass is 10.2. The Hall–Kier alpha value is -0.830. The van der Waals surface area contributed by atoms with Crippen molar-refractivity contribution in [3.05, 3.63) is 17.7 Å². The molecule has 1 aromatic heterocycles. The highest BCUT2D eigenvalue weighted by atomic mass is 15.1. The maximum absolute atomic E-state index is 4.32. The van der Waals surface area contributed by atoms with Crippen LogP contribution in [0.1, 0.15) is 23.9 Å². The van der Waals surface area contributed by atoms with E-state index in [2.05, 4.69) is 21.9 Å². The van der Waals surface area contributed by atoms with Gasteiger partial charge in [-0.2, -0.15) is 0 Å². The average molecular weight is 151 g/mol. The van der Waals surface area contributed by atoms with E-state index in [1.807, 2.05) is 13.4 Å². The smallest absolute Gasteiger partial charge is 0.0949 e. The van der Waals surface area contributed by atoms with Gasteiger partial charge in [-0.25, -0.2) is 4.98 Å². The SMILES string of the molecule is CNC1CCc2ncn(C)c21. The molecule has 0 aromatic carbocycles. The molecule has 1 aliphatic rings. The van der Waals surface area contributed by atoms with Crippen molar-refractivity contribution in [1.82, 2.24) is 14.9 Å². The summed E-state index contributed by atoms with van der Waals surface area (Å²) in [5, 5.41) is 3.29. The fourth-order valence-corrected chi connectivity index (χ4v) is 1.83. The van der Waals surface area contributed by atoms with Crippen molar-refractivity contribution in [2.75, 3.05) is 7.05 Å². The van der Waals surface area contributed by atoms with E-state index in [-0.39, 0.29) is 0 Å². The molecule has 1 aromatic rings. The summed E-state index contributed by atoms with van der Waals surface area (Å²) in [5.74, 6) is 0. The van der Waals surface area contributed by atoms with Gasteiger partial charge in [-0.05, 0) is 19.9 Å². The topological polar surface area (TPSA) is 29.9 Å². The first-order valence-corrected chi connectivity index (χ1v) is 4.00. The number of hydrogen-bond acceptors (Lipinski definition) is 2. The average Bonchev–Trinajstić information content (AvgIpc) is 2.54. The second-order valence-corrected chi connectivity index (χ2v) is 3.07. The van der Waals surface area contributed by atoms with Gasteiger partial charge in [0.25, 0.3) is 0 Å². The van der Waals surface area contributed by atoms with E-state index >= 15 is 0 Å². The molecule has 0 amide bonds. The van der Waals surface area contributed by atoms with Crippen LogP contribution in [-0.4, -0.2) is 16.6 Å². The van der Waals surface area contributed by atoms with Crippen molar-refractivity contribution in [2.24, 2.45) is 7.05 Å². The Kier molecular flexibility index (Phi) is 1.46. The Morgan fingerprint density at radius 3 is 3.27 bits per heavy atom. The van der Waals surface area contributed by atoms with Crippen LogP contribution in [0.15, 0.2) is 6.33 Å². The standard InChI is InChI=1S/C8H13N3/c1-9-6-3-4-7-8(6)11(2)5-10-7/h5-6,9H,3-4H2,1-2H3. The Bertz CT molecular complexity index is 264. The molecular formula is C8H13N3. The van der Waals surface area contributed by atoms with Crippen LogP contribution >= 0.6 is 0 Å². The predicted octanol–water partition coefficient (Wildman–Crippen LogP) is 0.627. The molecule has 0 saturated carbocycles. The fourth-order valence-electron chi connectivity index (χ4n) is 1.83. The number of aryl methyl sites for hydroxylation is 2. The van der Waals surface area contributed by atoms with Crippen LogP contribution in [0, 0.1) is 0 Å². The minimum absolute atomic E-state index is 0.525. The lowest BCUT2D eigenvalue weighted by molar-refractivity contribution is 0.557. The van der Waals surface area contributed by atoms with E-state index in [0.29, 0.717) is 6.04 Å². The quantitative estimate of drug-likeness (QED) is 0.638. The number of imidazole rings is 1. The fraction of sp³-hybridized carbons (Fsp3) is 0.625. The van der Waals surface area contributed by atoms with Crippen LogP contribution in [0.4, 0.5) is 0 Å². The van der Waals surface area contributed by atoms with Gasteiger partial charge in [0.2, 0.25) is 0 Å². The van der Waals surface area contributed by atoms with Crippen molar-refractivity contribution >= 4 is 0 Å². The lowest BCUT2D eigenvalue weighted by Crippen LogP contribution is -2.15. The zero-order valence-corrected chi connectivity index (χ0v) is 6.96. The third kappa shape index (κ3) is 0.878. The molecule has 0 aliphatic heterocycles. The monoisotopic (exact) mass is 151 g/mol. The van der Waals surface area contributed by atoms with Crippen LogP contribution in [0.5, 0.6) is 0 Å². The van der Waals surface area contributed by atoms with Gasteiger partial charge in [-0.3, -0.25) is 0 Å². The highest BCUT2D eigenvalue weighted by molar-refractivity contribution is 5.22. The molecule has 3 heteroatoms. The number of fused-ring (bicyclic) bond motifs is 1. The Balaban J connectivity index is 2.42. The summed E-state index contributed by atoms with van der Waals surface area (Å²) < 4.78 is 2.11. The van der Waals surface area contributed by atoms with E-state index in [1.165, 1.54) is 17.8 Å². The molecule has 1 atom stereocenters. The van der Waals surface area contributed by atoms with Gasteiger partial charge in [-0.1, -0.05) is 0 Å². The molecule has 1 unspecified atom stereocenters. The first-order valence-electron chi connectivity index (χ1n) is 4.00. The third-order valence-electron chi connectivity index (χ3n) is 2.41. The zero-order valence-electron chi connectivity index (χ0n) is 6.96. The second kappa shape index (κ2) is 2.34. The highest BCUT2D eigenvalue weighted by Gasteiger charge is 2.24.